The molecule has 1 unspecified atom stereocenters. The molecular weight excluding hydrogens is 252 g/mol. The van der Waals surface area contributed by atoms with E-state index in [1.54, 1.807) is 6.26 Å². The molecule has 0 bridgehead atoms. The zero-order chi connectivity index (χ0) is 14.4. The van der Waals surface area contributed by atoms with E-state index in [0.717, 1.165) is 51.4 Å². The van der Waals surface area contributed by atoms with Gasteiger partial charge in [0.1, 0.15) is 5.76 Å². The van der Waals surface area contributed by atoms with Gasteiger partial charge in [-0.2, -0.15) is 0 Å². The van der Waals surface area contributed by atoms with E-state index in [-0.39, 0.29) is 5.54 Å². The Hall–Kier alpha value is -0.840. The molecule has 0 amide bonds. The summed E-state index contributed by atoms with van der Waals surface area (Å²) in [5.74, 6) is 1.08. The lowest BCUT2D eigenvalue weighted by atomic mass is 10.0. The molecule has 1 aromatic heterocycles. The maximum Gasteiger partial charge on any atom is 0.103 e. The fourth-order valence-corrected chi connectivity index (χ4v) is 2.62. The molecule has 0 radical (unpaired) electrons. The van der Waals surface area contributed by atoms with Gasteiger partial charge in [-0.15, -0.1) is 0 Å². The van der Waals surface area contributed by atoms with Gasteiger partial charge in [-0.25, -0.2) is 0 Å². The average Bonchev–Trinajstić information content (AvgIpc) is 2.97. The van der Waals surface area contributed by atoms with Gasteiger partial charge >= 0.3 is 0 Å². The third-order valence-corrected chi connectivity index (χ3v) is 4.15. The normalized spacial score (nSPS) is 19.1. The Bertz CT molecular complexity index is 370. The highest BCUT2D eigenvalue weighted by molar-refractivity contribution is 4.98. The molecule has 0 aliphatic carbocycles. The van der Waals surface area contributed by atoms with Crippen molar-refractivity contribution in [1.29, 1.82) is 0 Å². The number of aryl methyl sites for hydroxylation is 1. The highest BCUT2D eigenvalue weighted by atomic mass is 16.5. The summed E-state index contributed by atoms with van der Waals surface area (Å²) in [6.07, 6.45) is 3.85. The molecule has 1 aliphatic rings. The van der Waals surface area contributed by atoms with Crippen LogP contribution in [0.1, 0.15) is 33.0 Å². The van der Waals surface area contributed by atoms with Crippen LogP contribution in [0, 0.1) is 0 Å². The predicted molar refractivity (Wildman–Crippen MR) is 81.0 cm³/mol. The molecule has 0 aromatic carbocycles. The van der Waals surface area contributed by atoms with Gasteiger partial charge in [0.25, 0.3) is 0 Å². The summed E-state index contributed by atoms with van der Waals surface area (Å²) in [6.45, 7) is 11.7. The fourth-order valence-electron chi connectivity index (χ4n) is 2.62. The quantitative estimate of drug-likeness (QED) is 0.831. The molecule has 4 nitrogen and oxygen atoms in total. The van der Waals surface area contributed by atoms with Gasteiger partial charge in [-0.3, -0.25) is 4.90 Å². The molecule has 114 valence electrons. The molecule has 1 N–H and O–H groups in total. The van der Waals surface area contributed by atoms with Crippen molar-refractivity contribution in [2.24, 2.45) is 0 Å². The minimum Gasteiger partial charge on any atom is -0.469 e. The van der Waals surface area contributed by atoms with Crippen molar-refractivity contribution in [3.05, 3.63) is 24.2 Å². The first-order valence-corrected chi connectivity index (χ1v) is 7.66. The molecule has 2 rings (SSSR count). The number of rotatable bonds is 7. The zero-order valence-electron chi connectivity index (χ0n) is 13.0. The number of nitrogens with zero attached hydrogens (tertiary/aromatic N) is 1. The van der Waals surface area contributed by atoms with E-state index >= 15 is 0 Å². The van der Waals surface area contributed by atoms with E-state index in [9.17, 15) is 0 Å². The van der Waals surface area contributed by atoms with Crippen molar-refractivity contribution >= 4 is 0 Å². The number of morpholine rings is 1. The molecule has 4 heteroatoms. The van der Waals surface area contributed by atoms with Crippen LogP contribution in [0.15, 0.2) is 22.8 Å². The summed E-state index contributed by atoms with van der Waals surface area (Å²) in [7, 11) is 0. The summed E-state index contributed by atoms with van der Waals surface area (Å²) in [5, 5.41) is 3.66. The van der Waals surface area contributed by atoms with Gasteiger partial charge in [0.15, 0.2) is 0 Å². The highest BCUT2D eigenvalue weighted by Gasteiger charge is 2.28. The summed E-state index contributed by atoms with van der Waals surface area (Å²) in [4.78, 5) is 2.52. The minimum absolute atomic E-state index is 0.183. The van der Waals surface area contributed by atoms with Crippen molar-refractivity contribution in [2.75, 3.05) is 32.8 Å². The zero-order valence-corrected chi connectivity index (χ0v) is 13.0. The summed E-state index contributed by atoms with van der Waals surface area (Å²) in [5.41, 5.74) is 0.183. The lowest BCUT2D eigenvalue weighted by Crippen LogP contribution is -2.55. The van der Waals surface area contributed by atoms with Crippen LogP contribution in [-0.2, 0) is 11.2 Å². The van der Waals surface area contributed by atoms with Crippen LogP contribution < -0.4 is 5.32 Å². The third kappa shape index (κ3) is 4.62. The second kappa shape index (κ2) is 7.25. The smallest absolute Gasteiger partial charge is 0.103 e. The average molecular weight is 280 g/mol. The van der Waals surface area contributed by atoms with Crippen molar-refractivity contribution in [3.63, 3.8) is 0 Å². The van der Waals surface area contributed by atoms with Crippen molar-refractivity contribution in [2.45, 2.75) is 45.2 Å². The van der Waals surface area contributed by atoms with E-state index in [4.69, 9.17) is 9.15 Å². The SMILES string of the molecule is CC(CCc1ccco1)NCC(C)(C)N1CCOCC1. The summed E-state index contributed by atoms with van der Waals surface area (Å²) < 4.78 is 10.8. The van der Waals surface area contributed by atoms with Gasteiger partial charge in [0.2, 0.25) is 0 Å². The van der Waals surface area contributed by atoms with Crippen LogP contribution >= 0.6 is 0 Å². The Balaban J connectivity index is 1.69. The maximum absolute atomic E-state index is 5.43. The summed E-state index contributed by atoms with van der Waals surface area (Å²) in [6, 6.07) is 4.50. The highest BCUT2D eigenvalue weighted by Crippen LogP contribution is 2.15. The molecule has 1 aliphatic heterocycles. The van der Waals surface area contributed by atoms with Crippen molar-refractivity contribution < 1.29 is 9.15 Å². The molecule has 20 heavy (non-hydrogen) atoms. The Labute approximate surface area is 122 Å². The maximum atomic E-state index is 5.43. The Morgan fingerprint density at radius 1 is 1.35 bits per heavy atom. The van der Waals surface area contributed by atoms with Crippen LogP contribution in [0.25, 0.3) is 0 Å². The molecule has 1 atom stereocenters. The number of nitrogens with one attached hydrogen (secondary N) is 1. The van der Waals surface area contributed by atoms with Gasteiger partial charge in [0.05, 0.1) is 19.5 Å². The molecule has 1 saturated heterocycles. The third-order valence-electron chi connectivity index (χ3n) is 4.15. The van der Waals surface area contributed by atoms with Crippen LogP contribution in [-0.4, -0.2) is 49.3 Å². The second-order valence-electron chi connectivity index (χ2n) is 6.31. The van der Waals surface area contributed by atoms with E-state index in [0.29, 0.717) is 6.04 Å². The molecule has 0 spiro atoms. The topological polar surface area (TPSA) is 37.6 Å². The van der Waals surface area contributed by atoms with Gasteiger partial charge in [0, 0.05) is 37.6 Å². The van der Waals surface area contributed by atoms with E-state index in [1.807, 2.05) is 12.1 Å². The van der Waals surface area contributed by atoms with Crippen molar-refractivity contribution in [1.82, 2.24) is 10.2 Å². The largest absolute Gasteiger partial charge is 0.469 e. The van der Waals surface area contributed by atoms with E-state index in [2.05, 4.69) is 31.0 Å². The Morgan fingerprint density at radius 2 is 2.10 bits per heavy atom. The number of ether oxygens (including phenoxy) is 1. The van der Waals surface area contributed by atoms with Gasteiger partial charge < -0.3 is 14.5 Å². The van der Waals surface area contributed by atoms with Gasteiger partial charge in [-0.05, 0) is 39.3 Å². The molecule has 1 aromatic rings. The van der Waals surface area contributed by atoms with Crippen LogP contribution in [0.4, 0.5) is 0 Å². The standard InChI is InChI=1S/C16H28N2O2/c1-14(6-7-15-5-4-10-20-15)17-13-16(2,3)18-8-11-19-12-9-18/h4-5,10,14,17H,6-9,11-13H2,1-3H3. The van der Waals surface area contributed by atoms with Crippen LogP contribution in [0.3, 0.4) is 0 Å². The first-order valence-electron chi connectivity index (χ1n) is 7.66. The lowest BCUT2D eigenvalue weighted by Gasteiger charge is -2.41. The fraction of sp³-hybridized carbons (Fsp3) is 0.750. The Morgan fingerprint density at radius 3 is 2.75 bits per heavy atom. The predicted octanol–water partition coefficient (Wildman–Crippen LogP) is 2.30. The Kier molecular flexibility index (Phi) is 5.64. The van der Waals surface area contributed by atoms with Crippen LogP contribution in [0.2, 0.25) is 0 Å². The van der Waals surface area contributed by atoms with Crippen molar-refractivity contribution in [3.8, 4) is 0 Å². The monoisotopic (exact) mass is 280 g/mol. The number of hydrogen-bond acceptors (Lipinski definition) is 4. The van der Waals surface area contributed by atoms with Crippen LogP contribution in [0.5, 0.6) is 0 Å². The van der Waals surface area contributed by atoms with E-state index in [1.165, 1.54) is 0 Å². The van der Waals surface area contributed by atoms with E-state index < -0.39 is 0 Å². The number of furan rings is 1. The van der Waals surface area contributed by atoms with Gasteiger partial charge in [-0.1, -0.05) is 0 Å². The number of hydrogen-bond donors (Lipinski definition) is 1. The molecule has 0 saturated carbocycles. The second-order valence-corrected chi connectivity index (χ2v) is 6.31. The summed E-state index contributed by atoms with van der Waals surface area (Å²) >= 11 is 0. The molecular formula is C16H28N2O2. The minimum atomic E-state index is 0.183. The molecule has 1 fully saturated rings. The first-order chi connectivity index (χ1) is 9.58. The first kappa shape index (κ1) is 15.5. The lowest BCUT2D eigenvalue weighted by molar-refractivity contribution is -0.0103. The molecule has 2 heterocycles.